The normalized spacial score (nSPS) is 10.4. The molecule has 0 bridgehead atoms. The number of hydrogen-bond acceptors (Lipinski definition) is 3. The van der Waals surface area contributed by atoms with Gasteiger partial charge >= 0.3 is 0 Å². The lowest BCUT2D eigenvalue weighted by Gasteiger charge is -2.04. The van der Waals surface area contributed by atoms with Gasteiger partial charge in [-0.2, -0.15) is 0 Å². The standard InChI is InChI=1S/C12H14N2O2/c1-9-11(5-3-4-8-15)6-7-12(13-9)14-10(2)16/h3,5-8H,4H2,1-2H3,(H,13,14,16). The molecule has 16 heavy (non-hydrogen) atoms. The minimum Gasteiger partial charge on any atom is -0.311 e. The van der Waals surface area contributed by atoms with Crippen molar-refractivity contribution < 1.29 is 9.59 Å². The Morgan fingerprint density at radius 1 is 1.50 bits per heavy atom. The Balaban J connectivity index is 2.82. The Hall–Kier alpha value is -1.97. The number of aldehydes is 1. The molecule has 1 aromatic rings. The number of allylic oxidation sites excluding steroid dienone is 1. The third kappa shape index (κ3) is 3.65. The first kappa shape index (κ1) is 12.1. The van der Waals surface area contributed by atoms with Crippen molar-refractivity contribution in [3.63, 3.8) is 0 Å². The molecule has 1 N–H and O–H groups in total. The molecule has 1 heterocycles. The van der Waals surface area contributed by atoms with Gasteiger partial charge in [0.1, 0.15) is 12.1 Å². The fourth-order valence-electron chi connectivity index (χ4n) is 1.25. The molecule has 4 heteroatoms. The van der Waals surface area contributed by atoms with E-state index in [4.69, 9.17) is 0 Å². The van der Waals surface area contributed by atoms with Crippen LogP contribution in [0.1, 0.15) is 24.6 Å². The number of carbonyl (C=O) groups excluding carboxylic acids is 2. The number of amides is 1. The average Bonchev–Trinajstić information content (AvgIpc) is 2.20. The quantitative estimate of drug-likeness (QED) is 0.786. The molecule has 0 unspecified atom stereocenters. The summed E-state index contributed by atoms with van der Waals surface area (Å²) in [4.78, 5) is 25.2. The van der Waals surface area contributed by atoms with E-state index in [1.807, 2.05) is 19.1 Å². The van der Waals surface area contributed by atoms with E-state index in [0.29, 0.717) is 12.2 Å². The number of carbonyl (C=O) groups is 2. The topological polar surface area (TPSA) is 59.1 Å². The number of aromatic nitrogens is 1. The van der Waals surface area contributed by atoms with Crippen LogP contribution in [0.25, 0.3) is 6.08 Å². The molecule has 0 aliphatic carbocycles. The Morgan fingerprint density at radius 2 is 2.25 bits per heavy atom. The second-order valence-electron chi connectivity index (χ2n) is 3.36. The molecule has 0 saturated carbocycles. The van der Waals surface area contributed by atoms with Gasteiger partial charge in [0.05, 0.1) is 0 Å². The zero-order chi connectivity index (χ0) is 12.0. The molecular formula is C12H14N2O2. The molecular weight excluding hydrogens is 204 g/mol. The summed E-state index contributed by atoms with van der Waals surface area (Å²) in [5, 5.41) is 2.61. The monoisotopic (exact) mass is 218 g/mol. The van der Waals surface area contributed by atoms with Crippen molar-refractivity contribution >= 4 is 24.1 Å². The lowest BCUT2D eigenvalue weighted by Crippen LogP contribution is -2.08. The van der Waals surface area contributed by atoms with Crippen molar-refractivity contribution in [2.24, 2.45) is 0 Å². The molecule has 0 radical (unpaired) electrons. The lowest BCUT2D eigenvalue weighted by atomic mass is 10.2. The van der Waals surface area contributed by atoms with Crippen LogP contribution in [0, 0.1) is 6.92 Å². The highest BCUT2D eigenvalue weighted by atomic mass is 16.1. The summed E-state index contributed by atoms with van der Waals surface area (Å²) in [6, 6.07) is 3.59. The first-order valence-corrected chi connectivity index (χ1v) is 4.99. The zero-order valence-electron chi connectivity index (χ0n) is 9.36. The van der Waals surface area contributed by atoms with Gasteiger partial charge in [0, 0.05) is 19.0 Å². The first-order valence-electron chi connectivity index (χ1n) is 4.99. The van der Waals surface area contributed by atoms with E-state index in [1.165, 1.54) is 6.92 Å². The second kappa shape index (κ2) is 5.80. The number of nitrogens with zero attached hydrogens (tertiary/aromatic N) is 1. The fourth-order valence-corrected chi connectivity index (χ4v) is 1.25. The number of aryl methyl sites for hydroxylation is 1. The van der Waals surface area contributed by atoms with E-state index in [1.54, 1.807) is 12.1 Å². The van der Waals surface area contributed by atoms with Crippen molar-refractivity contribution in [2.45, 2.75) is 20.3 Å². The predicted molar refractivity (Wildman–Crippen MR) is 63.0 cm³/mol. The minimum absolute atomic E-state index is 0.142. The van der Waals surface area contributed by atoms with E-state index >= 15 is 0 Å². The molecule has 0 atom stereocenters. The molecule has 0 fully saturated rings. The van der Waals surface area contributed by atoms with Gasteiger partial charge in [-0.05, 0) is 24.6 Å². The van der Waals surface area contributed by atoms with Gasteiger partial charge in [-0.15, -0.1) is 0 Å². The maximum Gasteiger partial charge on any atom is 0.222 e. The highest BCUT2D eigenvalue weighted by Gasteiger charge is 2.00. The van der Waals surface area contributed by atoms with Crippen molar-refractivity contribution in [2.75, 3.05) is 5.32 Å². The zero-order valence-corrected chi connectivity index (χ0v) is 9.36. The molecule has 0 saturated heterocycles. The summed E-state index contributed by atoms with van der Waals surface area (Å²) in [5.41, 5.74) is 1.75. The van der Waals surface area contributed by atoms with Gasteiger partial charge in [-0.25, -0.2) is 4.98 Å². The number of rotatable bonds is 4. The van der Waals surface area contributed by atoms with Crippen LogP contribution >= 0.6 is 0 Å². The van der Waals surface area contributed by atoms with Gasteiger partial charge < -0.3 is 10.1 Å². The highest BCUT2D eigenvalue weighted by molar-refractivity contribution is 5.87. The number of pyridine rings is 1. The van der Waals surface area contributed by atoms with E-state index < -0.39 is 0 Å². The van der Waals surface area contributed by atoms with Crippen LogP contribution in [0.15, 0.2) is 18.2 Å². The van der Waals surface area contributed by atoms with Crippen LogP contribution < -0.4 is 5.32 Å². The molecule has 84 valence electrons. The smallest absolute Gasteiger partial charge is 0.222 e. The number of nitrogens with one attached hydrogen (secondary N) is 1. The van der Waals surface area contributed by atoms with Gasteiger partial charge in [-0.1, -0.05) is 12.2 Å². The second-order valence-corrected chi connectivity index (χ2v) is 3.36. The average molecular weight is 218 g/mol. The van der Waals surface area contributed by atoms with Crippen LogP contribution in [-0.4, -0.2) is 17.2 Å². The van der Waals surface area contributed by atoms with Crippen molar-refractivity contribution in [1.29, 1.82) is 0 Å². The van der Waals surface area contributed by atoms with Crippen LogP contribution in [0.4, 0.5) is 5.82 Å². The lowest BCUT2D eigenvalue weighted by molar-refractivity contribution is -0.114. The van der Waals surface area contributed by atoms with Gasteiger partial charge in [0.25, 0.3) is 0 Å². The van der Waals surface area contributed by atoms with E-state index in [9.17, 15) is 9.59 Å². The molecule has 0 aliphatic heterocycles. The molecule has 1 amide bonds. The molecule has 1 aromatic heterocycles. The summed E-state index contributed by atoms with van der Waals surface area (Å²) in [6.07, 6.45) is 4.85. The summed E-state index contributed by atoms with van der Waals surface area (Å²) in [7, 11) is 0. The summed E-state index contributed by atoms with van der Waals surface area (Å²) < 4.78 is 0. The van der Waals surface area contributed by atoms with Gasteiger partial charge in [0.2, 0.25) is 5.91 Å². The molecule has 4 nitrogen and oxygen atoms in total. The molecule has 0 aliphatic rings. The maximum absolute atomic E-state index is 10.8. The number of anilines is 1. The van der Waals surface area contributed by atoms with E-state index in [0.717, 1.165) is 17.5 Å². The Morgan fingerprint density at radius 3 is 2.81 bits per heavy atom. The SMILES string of the molecule is CC(=O)Nc1ccc(C=CCC=O)c(C)n1. The highest BCUT2D eigenvalue weighted by Crippen LogP contribution is 2.12. The minimum atomic E-state index is -0.142. The maximum atomic E-state index is 10.8. The fraction of sp³-hybridized carbons (Fsp3) is 0.250. The third-order valence-corrected chi connectivity index (χ3v) is 1.96. The van der Waals surface area contributed by atoms with Crippen LogP contribution in [-0.2, 0) is 9.59 Å². The van der Waals surface area contributed by atoms with Crippen molar-refractivity contribution in [3.8, 4) is 0 Å². The summed E-state index contributed by atoms with van der Waals surface area (Å²) in [6.45, 7) is 3.29. The Labute approximate surface area is 94.4 Å². The third-order valence-electron chi connectivity index (χ3n) is 1.96. The summed E-state index contributed by atoms with van der Waals surface area (Å²) >= 11 is 0. The molecule has 0 aromatic carbocycles. The first-order chi connectivity index (χ1) is 7.63. The van der Waals surface area contributed by atoms with Gasteiger partial charge in [-0.3, -0.25) is 4.79 Å². The molecule has 0 spiro atoms. The Kier molecular flexibility index (Phi) is 4.39. The van der Waals surface area contributed by atoms with Crippen LogP contribution in [0.3, 0.4) is 0 Å². The number of hydrogen-bond donors (Lipinski definition) is 1. The summed E-state index contributed by atoms with van der Waals surface area (Å²) in [5.74, 6) is 0.397. The van der Waals surface area contributed by atoms with Gasteiger partial charge in [0.15, 0.2) is 0 Å². The largest absolute Gasteiger partial charge is 0.311 e. The van der Waals surface area contributed by atoms with E-state index in [-0.39, 0.29) is 5.91 Å². The molecule has 1 rings (SSSR count). The van der Waals surface area contributed by atoms with Crippen LogP contribution in [0.2, 0.25) is 0 Å². The Bertz CT molecular complexity index is 425. The van der Waals surface area contributed by atoms with Crippen molar-refractivity contribution in [1.82, 2.24) is 4.98 Å². The van der Waals surface area contributed by atoms with E-state index in [2.05, 4.69) is 10.3 Å². The predicted octanol–water partition coefficient (Wildman–Crippen LogP) is 1.95. The van der Waals surface area contributed by atoms with Crippen LogP contribution in [0.5, 0.6) is 0 Å². The van der Waals surface area contributed by atoms with Crippen molar-refractivity contribution in [3.05, 3.63) is 29.5 Å².